The maximum atomic E-state index is 5.62. The summed E-state index contributed by atoms with van der Waals surface area (Å²) >= 11 is 0. The predicted octanol–water partition coefficient (Wildman–Crippen LogP) is 2.46. The molecule has 3 N–H and O–H groups in total. The molecule has 0 aromatic heterocycles. The van der Waals surface area contributed by atoms with E-state index in [9.17, 15) is 0 Å². The smallest absolute Gasteiger partial charge is 0.00434 e. The minimum absolute atomic E-state index is 0.166. The average molecular weight is 234 g/mol. The standard InChI is InChI=1S/C15H26N2/c1-12(9-16)10-17-11-15(3,4)14-8-6-5-7-13(14)2/h5-8,12,17H,9-11,16H2,1-4H3. The van der Waals surface area contributed by atoms with Gasteiger partial charge in [0.2, 0.25) is 0 Å². The number of aryl methyl sites for hydroxylation is 1. The Morgan fingerprint density at radius 1 is 1.29 bits per heavy atom. The topological polar surface area (TPSA) is 38.0 Å². The summed E-state index contributed by atoms with van der Waals surface area (Å²) in [7, 11) is 0. The van der Waals surface area contributed by atoms with Crippen LogP contribution >= 0.6 is 0 Å². The van der Waals surface area contributed by atoms with Gasteiger partial charge in [0.25, 0.3) is 0 Å². The Morgan fingerprint density at radius 2 is 1.94 bits per heavy atom. The Morgan fingerprint density at radius 3 is 2.53 bits per heavy atom. The first-order valence-corrected chi connectivity index (χ1v) is 6.44. The Hall–Kier alpha value is -0.860. The zero-order valence-electron chi connectivity index (χ0n) is 11.6. The van der Waals surface area contributed by atoms with E-state index in [-0.39, 0.29) is 5.41 Å². The van der Waals surface area contributed by atoms with Crippen LogP contribution < -0.4 is 11.1 Å². The molecule has 1 unspecified atom stereocenters. The van der Waals surface area contributed by atoms with Crippen LogP contribution in [0.1, 0.15) is 31.9 Å². The molecule has 0 radical (unpaired) electrons. The minimum Gasteiger partial charge on any atom is -0.330 e. The van der Waals surface area contributed by atoms with Crippen molar-refractivity contribution in [1.82, 2.24) is 5.32 Å². The number of hydrogen-bond donors (Lipinski definition) is 2. The van der Waals surface area contributed by atoms with Gasteiger partial charge in [-0.1, -0.05) is 45.0 Å². The third-order valence-corrected chi connectivity index (χ3v) is 3.34. The highest BCUT2D eigenvalue weighted by Gasteiger charge is 2.21. The van der Waals surface area contributed by atoms with Gasteiger partial charge in [-0.25, -0.2) is 0 Å². The van der Waals surface area contributed by atoms with E-state index < -0.39 is 0 Å². The Balaban J connectivity index is 2.60. The van der Waals surface area contributed by atoms with E-state index in [2.05, 4.69) is 57.3 Å². The Kier molecular flexibility index (Phi) is 5.16. The molecular weight excluding hydrogens is 208 g/mol. The van der Waals surface area contributed by atoms with Gasteiger partial charge in [-0.2, -0.15) is 0 Å². The van der Waals surface area contributed by atoms with Gasteiger partial charge in [0.15, 0.2) is 0 Å². The average Bonchev–Trinajstić information content (AvgIpc) is 2.28. The van der Waals surface area contributed by atoms with Crippen LogP contribution in [0, 0.1) is 12.8 Å². The Labute approximate surface area is 106 Å². The normalized spacial score (nSPS) is 13.7. The fourth-order valence-corrected chi connectivity index (χ4v) is 2.14. The van der Waals surface area contributed by atoms with Gasteiger partial charge >= 0.3 is 0 Å². The largest absolute Gasteiger partial charge is 0.330 e. The van der Waals surface area contributed by atoms with Gasteiger partial charge in [0.1, 0.15) is 0 Å². The maximum absolute atomic E-state index is 5.62. The molecule has 2 heteroatoms. The molecule has 0 aliphatic rings. The summed E-state index contributed by atoms with van der Waals surface area (Å²) in [4.78, 5) is 0. The molecule has 96 valence electrons. The van der Waals surface area contributed by atoms with Gasteiger partial charge in [0.05, 0.1) is 0 Å². The van der Waals surface area contributed by atoms with Gasteiger partial charge < -0.3 is 11.1 Å². The molecule has 17 heavy (non-hydrogen) atoms. The third kappa shape index (κ3) is 4.14. The van der Waals surface area contributed by atoms with Crippen molar-refractivity contribution in [2.75, 3.05) is 19.6 Å². The van der Waals surface area contributed by atoms with Crippen LogP contribution in [0.5, 0.6) is 0 Å². The van der Waals surface area contributed by atoms with Crippen molar-refractivity contribution in [3.63, 3.8) is 0 Å². The van der Waals surface area contributed by atoms with Crippen molar-refractivity contribution in [3.8, 4) is 0 Å². The SMILES string of the molecule is Cc1ccccc1C(C)(C)CNCC(C)CN. The van der Waals surface area contributed by atoms with E-state index in [1.165, 1.54) is 11.1 Å². The highest BCUT2D eigenvalue weighted by atomic mass is 14.9. The maximum Gasteiger partial charge on any atom is 0.00434 e. The van der Waals surface area contributed by atoms with E-state index in [0.717, 1.165) is 19.6 Å². The second kappa shape index (κ2) is 6.18. The van der Waals surface area contributed by atoms with Crippen molar-refractivity contribution >= 4 is 0 Å². The fraction of sp³-hybridized carbons (Fsp3) is 0.600. The van der Waals surface area contributed by atoms with Crippen molar-refractivity contribution < 1.29 is 0 Å². The predicted molar refractivity (Wildman–Crippen MR) is 75.3 cm³/mol. The van der Waals surface area contributed by atoms with Crippen molar-refractivity contribution in [3.05, 3.63) is 35.4 Å². The van der Waals surface area contributed by atoms with Crippen LogP contribution in [0.4, 0.5) is 0 Å². The van der Waals surface area contributed by atoms with Gasteiger partial charge in [-0.15, -0.1) is 0 Å². The van der Waals surface area contributed by atoms with Gasteiger partial charge in [0, 0.05) is 12.0 Å². The fourth-order valence-electron chi connectivity index (χ4n) is 2.14. The zero-order chi connectivity index (χ0) is 12.9. The summed E-state index contributed by atoms with van der Waals surface area (Å²) in [6.07, 6.45) is 0. The molecule has 0 bridgehead atoms. The van der Waals surface area contributed by atoms with E-state index >= 15 is 0 Å². The second-order valence-corrected chi connectivity index (χ2v) is 5.67. The molecule has 0 saturated heterocycles. The number of nitrogens with one attached hydrogen (secondary N) is 1. The van der Waals surface area contributed by atoms with Crippen molar-refractivity contribution in [2.24, 2.45) is 11.7 Å². The first-order chi connectivity index (χ1) is 7.97. The lowest BCUT2D eigenvalue weighted by Crippen LogP contribution is -2.36. The first kappa shape index (κ1) is 14.2. The summed E-state index contributed by atoms with van der Waals surface area (Å²) in [5, 5.41) is 3.52. The van der Waals surface area contributed by atoms with Crippen LogP contribution in [0.15, 0.2) is 24.3 Å². The molecule has 0 spiro atoms. The van der Waals surface area contributed by atoms with Crippen LogP contribution in [-0.4, -0.2) is 19.6 Å². The van der Waals surface area contributed by atoms with Crippen LogP contribution in [0.3, 0.4) is 0 Å². The summed E-state index contributed by atoms with van der Waals surface area (Å²) in [6.45, 7) is 11.7. The monoisotopic (exact) mass is 234 g/mol. The quantitative estimate of drug-likeness (QED) is 0.793. The molecule has 0 fully saturated rings. The number of benzene rings is 1. The molecule has 2 nitrogen and oxygen atoms in total. The molecule has 1 rings (SSSR count). The molecule has 0 amide bonds. The van der Waals surface area contributed by atoms with Crippen molar-refractivity contribution in [2.45, 2.75) is 33.1 Å². The van der Waals surface area contributed by atoms with Gasteiger partial charge in [-0.3, -0.25) is 0 Å². The molecule has 1 aromatic carbocycles. The number of hydrogen-bond acceptors (Lipinski definition) is 2. The summed E-state index contributed by atoms with van der Waals surface area (Å²) < 4.78 is 0. The lowest BCUT2D eigenvalue weighted by molar-refractivity contribution is 0.433. The minimum atomic E-state index is 0.166. The second-order valence-electron chi connectivity index (χ2n) is 5.67. The van der Waals surface area contributed by atoms with Crippen molar-refractivity contribution in [1.29, 1.82) is 0 Å². The van der Waals surface area contributed by atoms with E-state index in [4.69, 9.17) is 5.73 Å². The third-order valence-electron chi connectivity index (χ3n) is 3.34. The lowest BCUT2D eigenvalue weighted by atomic mass is 9.82. The number of rotatable bonds is 6. The zero-order valence-corrected chi connectivity index (χ0v) is 11.6. The van der Waals surface area contributed by atoms with Crippen LogP contribution in [-0.2, 0) is 5.41 Å². The molecule has 0 heterocycles. The highest BCUT2D eigenvalue weighted by Crippen LogP contribution is 2.25. The van der Waals surface area contributed by atoms with Crippen LogP contribution in [0.2, 0.25) is 0 Å². The lowest BCUT2D eigenvalue weighted by Gasteiger charge is -2.28. The Bertz CT molecular complexity index is 345. The van der Waals surface area contributed by atoms with Crippen LogP contribution in [0.25, 0.3) is 0 Å². The summed E-state index contributed by atoms with van der Waals surface area (Å²) in [5.41, 5.74) is 8.57. The molecule has 1 aromatic rings. The molecule has 1 atom stereocenters. The first-order valence-electron chi connectivity index (χ1n) is 6.44. The highest BCUT2D eigenvalue weighted by molar-refractivity contribution is 5.32. The molecule has 0 saturated carbocycles. The summed E-state index contributed by atoms with van der Waals surface area (Å²) in [6, 6.07) is 8.62. The number of nitrogens with two attached hydrogens (primary N) is 1. The van der Waals surface area contributed by atoms with Gasteiger partial charge in [-0.05, 0) is 37.1 Å². The molecule has 0 aliphatic heterocycles. The van der Waals surface area contributed by atoms with E-state index in [1.54, 1.807) is 0 Å². The molecular formula is C15H26N2. The van der Waals surface area contributed by atoms with E-state index in [0.29, 0.717) is 5.92 Å². The van der Waals surface area contributed by atoms with E-state index in [1.807, 2.05) is 0 Å². The summed E-state index contributed by atoms with van der Waals surface area (Å²) in [5.74, 6) is 0.544. The molecule has 0 aliphatic carbocycles.